The zero-order chi connectivity index (χ0) is 25.9. The number of pyridine rings is 2. The fourth-order valence-electron chi connectivity index (χ4n) is 4.17. The molecule has 0 saturated carbocycles. The number of carbonyl (C=O) groups is 2. The number of ketones is 1. The Morgan fingerprint density at radius 2 is 1.78 bits per heavy atom. The topological polar surface area (TPSA) is 75.4 Å². The first-order valence-electron chi connectivity index (χ1n) is 11.4. The highest BCUT2D eigenvalue weighted by atomic mass is 19.3. The number of hydrogen-bond acceptors (Lipinski definition) is 5. The average Bonchev–Trinajstić information content (AvgIpc) is 2.89. The lowest BCUT2D eigenvalue weighted by Gasteiger charge is -2.40. The Hall–Kier alpha value is -3.79. The van der Waals surface area contributed by atoms with Crippen molar-refractivity contribution in [1.82, 2.24) is 9.88 Å². The van der Waals surface area contributed by atoms with Gasteiger partial charge in [-0.2, -0.15) is 0 Å². The molecule has 1 aliphatic heterocycles. The van der Waals surface area contributed by atoms with Crippen molar-refractivity contribution in [1.29, 1.82) is 0 Å². The predicted octanol–water partition coefficient (Wildman–Crippen LogP) is 3.25. The number of benzene rings is 1. The summed E-state index contributed by atoms with van der Waals surface area (Å²) in [5.74, 6) is -4.90. The Morgan fingerprint density at radius 1 is 1.11 bits per heavy atom. The Kier molecular flexibility index (Phi) is 7.35. The lowest BCUT2D eigenvalue weighted by Crippen LogP contribution is -2.52. The van der Waals surface area contributed by atoms with Gasteiger partial charge in [-0.05, 0) is 48.9 Å². The highest BCUT2D eigenvalue weighted by molar-refractivity contribution is 6.09. The molecular weight excluding hydrogens is 473 g/mol. The fourth-order valence-corrected chi connectivity index (χ4v) is 4.17. The second-order valence-electron chi connectivity index (χ2n) is 8.67. The minimum Gasteiger partial charge on any atom is -0.309 e. The number of aromatic nitrogens is 2. The molecule has 0 bridgehead atoms. The molecule has 1 N–H and O–H groups in total. The van der Waals surface area contributed by atoms with Crippen molar-refractivity contribution >= 4 is 17.5 Å². The van der Waals surface area contributed by atoms with Crippen molar-refractivity contribution in [3.63, 3.8) is 0 Å². The molecule has 10 heteroatoms. The number of amides is 1. The van der Waals surface area contributed by atoms with Crippen LogP contribution in [0.1, 0.15) is 40.7 Å². The van der Waals surface area contributed by atoms with Gasteiger partial charge in [-0.1, -0.05) is 0 Å². The number of piperidine rings is 1. The van der Waals surface area contributed by atoms with Gasteiger partial charge < -0.3 is 5.32 Å². The van der Waals surface area contributed by atoms with Crippen LogP contribution in [0.25, 0.3) is 0 Å². The van der Waals surface area contributed by atoms with E-state index in [0.717, 1.165) is 0 Å². The summed E-state index contributed by atoms with van der Waals surface area (Å²) in [6.07, 6.45) is 4.09. The molecule has 0 spiro atoms. The third-order valence-electron chi connectivity index (χ3n) is 6.41. The molecule has 1 aliphatic rings. The summed E-state index contributed by atoms with van der Waals surface area (Å²) in [7, 11) is 1.47. The number of nitrogens with zero attached hydrogens (tertiary/aromatic N) is 3. The van der Waals surface area contributed by atoms with Gasteiger partial charge in [0.1, 0.15) is 18.7 Å². The molecule has 1 saturated heterocycles. The summed E-state index contributed by atoms with van der Waals surface area (Å²) in [6, 6.07) is 10.7. The Balaban J connectivity index is 1.40. The van der Waals surface area contributed by atoms with Gasteiger partial charge in [0.15, 0.2) is 5.78 Å². The molecule has 1 amide bonds. The number of carbonyl (C=O) groups excluding carboxylic acids is 2. The van der Waals surface area contributed by atoms with Crippen LogP contribution < -0.4 is 14.9 Å². The van der Waals surface area contributed by atoms with Crippen LogP contribution in [0.15, 0.2) is 67.1 Å². The summed E-state index contributed by atoms with van der Waals surface area (Å²) < 4.78 is 44.0. The van der Waals surface area contributed by atoms with E-state index in [1.54, 1.807) is 36.4 Å². The molecule has 4 rings (SSSR count). The summed E-state index contributed by atoms with van der Waals surface area (Å²) in [5, 5.41) is 2.68. The van der Waals surface area contributed by atoms with Crippen LogP contribution in [0.5, 0.6) is 0 Å². The van der Waals surface area contributed by atoms with E-state index in [1.165, 1.54) is 54.4 Å². The first-order chi connectivity index (χ1) is 17.2. The summed E-state index contributed by atoms with van der Waals surface area (Å²) in [5.41, 5.74) is 1.07. The smallest absolute Gasteiger partial charge is 0.257 e. The largest absolute Gasteiger partial charge is 0.309 e. The van der Waals surface area contributed by atoms with Crippen LogP contribution in [0.2, 0.25) is 0 Å². The number of likely N-dealkylation sites (tertiary alicyclic amines) is 1. The maximum atomic E-state index is 14.7. The van der Waals surface area contributed by atoms with E-state index in [-0.39, 0.29) is 36.7 Å². The fraction of sp³-hybridized carbons (Fsp3) is 0.308. The maximum Gasteiger partial charge on any atom is 0.257 e. The zero-order valence-electron chi connectivity index (χ0n) is 19.8. The number of hydrogen-bond donors (Lipinski definition) is 1. The third-order valence-corrected chi connectivity index (χ3v) is 6.41. The zero-order valence-corrected chi connectivity index (χ0v) is 19.8. The molecule has 7 nitrogen and oxygen atoms in total. The van der Waals surface area contributed by atoms with Crippen molar-refractivity contribution < 1.29 is 32.3 Å². The molecule has 2 atom stereocenters. The molecule has 1 aromatic carbocycles. The van der Waals surface area contributed by atoms with Gasteiger partial charge in [0, 0.05) is 53.7 Å². The van der Waals surface area contributed by atoms with Crippen LogP contribution in [0.4, 0.5) is 19.0 Å². The van der Waals surface area contributed by atoms with Crippen LogP contribution >= 0.6 is 0 Å². The summed E-state index contributed by atoms with van der Waals surface area (Å²) in [4.78, 5) is 36.3. The monoisotopic (exact) mass is 499 g/mol. The summed E-state index contributed by atoms with van der Waals surface area (Å²) >= 11 is 0. The van der Waals surface area contributed by atoms with E-state index in [2.05, 4.69) is 10.3 Å². The predicted molar refractivity (Wildman–Crippen MR) is 125 cm³/mol. The summed E-state index contributed by atoms with van der Waals surface area (Å²) in [6.45, 7) is 1.74. The van der Waals surface area contributed by atoms with Crippen molar-refractivity contribution in [3.8, 4) is 0 Å². The Morgan fingerprint density at radius 3 is 2.39 bits per heavy atom. The second kappa shape index (κ2) is 10.4. The Labute approximate surface area is 206 Å². The molecule has 36 heavy (non-hydrogen) atoms. The molecule has 0 aliphatic carbocycles. The number of nitrogens with one attached hydrogen (secondary N) is 1. The first-order valence-corrected chi connectivity index (χ1v) is 11.4. The SMILES string of the molecule is CO[n+]1ccc([C@H]2CN([C@@H](C)C(=O)Nc3ccc(C(=O)c4ccc(F)cc4)cn3)CCC2(F)F)cc1. The van der Waals surface area contributed by atoms with Crippen LogP contribution in [-0.2, 0) is 4.79 Å². The van der Waals surface area contributed by atoms with E-state index in [1.807, 2.05) is 0 Å². The average molecular weight is 500 g/mol. The van der Waals surface area contributed by atoms with Crippen LogP contribution in [0, 0.1) is 5.82 Å². The van der Waals surface area contributed by atoms with Crippen molar-refractivity contribution in [2.75, 3.05) is 25.5 Å². The highest BCUT2D eigenvalue weighted by Crippen LogP contribution is 2.40. The Bertz CT molecular complexity index is 1220. The lowest BCUT2D eigenvalue weighted by molar-refractivity contribution is -0.885. The van der Waals surface area contributed by atoms with Gasteiger partial charge in [-0.25, -0.2) is 18.2 Å². The standard InChI is InChI=1S/C26H25F3N4O3/c1-17(32-14-11-26(28,29)22(16-32)18-9-12-33(36-2)13-10-18)25(35)31-23-8-5-20(15-30-23)24(34)19-3-6-21(27)7-4-19/h3-10,12-13,15,17,22H,11,14,16H2,1-2H3/p+1/t17-,22+/m0/s1. The van der Waals surface area contributed by atoms with Gasteiger partial charge in [0.2, 0.25) is 18.3 Å². The van der Waals surface area contributed by atoms with Gasteiger partial charge >= 0.3 is 0 Å². The molecule has 2 aromatic heterocycles. The van der Waals surface area contributed by atoms with Gasteiger partial charge in [0.05, 0.1) is 12.0 Å². The normalized spacial score (nSPS) is 18.3. The highest BCUT2D eigenvalue weighted by Gasteiger charge is 2.46. The van der Waals surface area contributed by atoms with Crippen molar-refractivity contribution in [2.45, 2.75) is 31.2 Å². The number of halogens is 3. The minimum atomic E-state index is -2.90. The van der Waals surface area contributed by atoms with Crippen molar-refractivity contribution in [2.24, 2.45) is 0 Å². The van der Waals surface area contributed by atoms with Crippen molar-refractivity contribution in [3.05, 3.63) is 89.6 Å². The number of alkyl halides is 2. The van der Waals surface area contributed by atoms with Gasteiger partial charge in [-0.15, -0.1) is 0 Å². The number of anilines is 1. The molecular formula is C26H26F3N4O3+. The van der Waals surface area contributed by atoms with Gasteiger partial charge in [-0.3, -0.25) is 19.3 Å². The quantitative estimate of drug-likeness (QED) is 0.399. The van der Waals surface area contributed by atoms with E-state index in [9.17, 15) is 22.8 Å². The van der Waals surface area contributed by atoms with E-state index < -0.39 is 29.6 Å². The maximum absolute atomic E-state index is 14.7. The van der Waals surface area contributed by atoms with E-state index in [4.69, 9.17) is 4.84 Å². The molecule has 3 aromatic rings. The molecule has 0 unspecified atom stereocenters. The molecule has 188 valence electrons. The second-order valence-corrected chi connectivity index (χ2v) is 8.67. The minimum absolute atomic E-state index is 0.0110. The first kappa shape index (κ1) is 25.3. The number of rotatable bonds is 7. The van der Waals surface area contributed by atoms with E-state index in [0.29, 0.717) is 11.1 Å². The van der Waals surface area contributed by atoms with Gasteiger partial charge in [0.25, 0.3) is 5.92 Å². The molecule has 0 radical (unpaired) electrons. The molecule has 3 heterocycles. The molecule has 1 fully saturated rings. The van der Waals surface area contributed by atoms with Crippen LogP contribution in [-0.4, -0.2) is 53.7 Å². The van der Waals surface area contributed by atoms with Crippen LogP contribution in [0.3, 0.4) is 0 Å². The van der Waals surface area contributed by atoms with E-state index >= 15 is 0 Å². The third kappa shape index (κ3) is 5.54. The lowest BCUT2D eigenvalue weighted by atomic mass is 9.87.